The highest BCUT2D eigenvalue weighted by atomic mass is 35.5. The number of ether oxygens (including phenoxy) is 3. The molecule has 4 rings (SSSR count). The van der Waals surface area contributed by atoms with Crippen molar-refractivity contribution < 1.29 is 23.8 Å². The molecular formula is C26H18ClNO5. The van der Waals surface area contributed by atoms with Gasteiger partial charge in [0, 0.05) is 16.7 Å². The molecule has 1 aliphatic rings. The summed E-state index contributed by atoms with van der Waals surface area (Å²) in [7, 11) is 1.50. The molecule has 0 fully saturated rings. The molecule has 0 saturated heterocycles. The van der Waals surface area contributed by atoms with E-state index in [1.807, 2.05) is 30.3 Å². The molecule has 7 heteroatoms. The van der Waals surface area contributed by atoms with Crippen LogP contribution in [0, 0.1) is 0 Å². The topological polar surface area (TPSA) is 74.2 Å². The van der Waals surface area contributed by atoms with Crippen LogP contribution in [0.4, 0.5) is 0 Å². The van der Waals surface area contributed by atoms with Gasteiger partial charge >= 0.3 is 11.9 Å². The predicted octanol–water partition coefficient (Wildman–Crippen LogP) is 5.31. The third kappa shape index (κ3) is 5.37. The number of carbonyl (C=O) groups excluding carboxylic acids is 2. The van der Waals surface area contributed by atoms with Crippen molar-refractivity contribution in [3.05, 3.63) is 106 Å². The highest BCUT2D eigenvalue weighted by Crippen LogP contribution is 2.29. The zero-order valence-electron chi connectivity index (χ0n) is 17.5. The van der Waals surface area contributed by atoms with Crippen LogP contribution in [0.3, 0.4) is 0 Å². The number of hydrogen-bond donors (Lipinski definition) is 0. The summed E-state index contributed by atoms with van der Waals surface area (Å²) in [6, 6.07) is 21.1. The van der Waals surface area contributed by atoms with Gasteiger partial charge in [-0.25, -0.2) is 14.6 Å². The molecule has 0 bridgehead atoms. The fourth-order valence-corrected chi connectivity index (χ4v) is 3.25. The fraction of sp³-hybridized carbons (Fsp3) is 0.0385. The monoisotopic (exact) mass is 459 g/mol. The molecular weight excluding hydrogens is 442 g/mol. The van der Waals surface area contributed by atoms with Crippen LogP contribution in [0.15, 0.2) is 89.6 Å². The van der Waals surface area contributed by atoms with Gasteiger partial charge in [0.1, 0.15) is 11.5 Å². The van der Waals surface area contributed by atoms with Crippen LogP contribution < -0.4 is 9.47 Å². The van der Waals surface area contributed by atoms with Crippen LogP contribution in [0.5, 0.6) is 11.5 Å². The van der Waals surface area contributed by atoms with Crippen molar-refractivity contribution in [2.24, 2.45) is 4.99 Å². The molecule has 0 unspecified atom stereocenters. The third-order valence-corrected chi connectivity index (χ3v) is 4.88. The Morgan fingerprint density at radius 2 is 1.76 bits per heavy atom. The molecule has 164 valence electrons. The van der Waals surface area contributed by atoms with E-state index in [0.717, 1.165) is 5.56 Å². The number of hydrogen-bond acceptors (Lipinski definition) is 6. The van der Waals surface area contributed by atoms with Crippen LogP contribution in [0.25, 0.3) is 12.2 Å². The lowest BCUT2D eigenvalue weighted by Gasteiger charge is -2.07. The summed E-state index contributed by atoms with van der Waals surface area (Å²) in [5, 5.41) is 0.447. The Hall–Kier alpha value is -4.16. The number of para-hydroxylation sites is 1. The second-order valence-corrected chi connectivity index (χ2v) is 7.32. The molecule has 0 spiro atoms. The quantitative estimate of drug-likeness (QED) is 0.283. The zero-order valence-corrected chi connectivity index (χ0v) is 18.3. The first kappa shape index (κ1) is 22.0. The van der Waals surface area contributed by atoms with Crippen molar-refractivity contribution in [1.82, 2.24) is 0 Å². The number of methoxy groups -OCH3 is 1. The molecule has 0 atom stereocenters. The predicted molar refractivity (Wildman–Crippen MR) is 126 cm³/mol. The normalized spacial score (nSPS) is 14.3. The van der Waals surface area contributed by atoms with E-state index in [9.17, 15) is 9.59 Å². The molecule has 1 aliphatic heterocycles. The highest BCUT2D eigenvalue weighted by molar-refractivity contribution is 6.31. The number of esters is 2. The average molecular weight is 460 g/mol. The number of carbonyl (C=O) groups is 2. The summed E-state index contributed by atoms with van der Waals surface area (Å²) in [5.41, 5.74) is 1.87. The van der Waals surface area contributed by atoms with E-state index in [2.05, 4.69) is 4.99 Å². The molecule has 0 N–H and O–H groups in total. The van der Waals surface area contributed by atoms with Crippen LogP contribution in [0.1, 0.15) is 16.7 Å². The van der Waals surface area contributed by atoms with Crippen LogP contribution in [-0.4, -0.2) is 24.9 Å². The largest absolute Gasteiger partial charge is 0.496 e. The van der Waals surface area contributed by atoms with Crippen LogP contribution in [-0.2, 0) is 14.3 Å². The van der Waals surface area contributed by atoms with Crippen molar-refractivity contribution in [3.8, 4) is 11.5 Å². The van der Waals surface area contributed by atoms with Gasteiger partial charge in [0.15, 0.2) is 5.70 Å². The second kappa shape index (κ2) is 9.97. The van der Waals surface area contributed by atoms with E-state index in [-0.39, 0.29) is 17.3 Å². The maximum atomic E-state index is 12.4. The first-order valence-corrected chi connectivity index (χ1v) is 10.3. The summed E-state index contributed by atoms with van der Waals surface area (Å²) in [5.74, 6) is -0.370. The van der Waals surface area contributed by atoms with Gasteiger partial charge < -0.3 is 14.2 Å². The summed E-state index contributed by atoms with van der Waals surface area (Å²) < 4.78 is 16.1. The lowest BCUT2D eigenvalue weighted by Crippen LogP contribution is -2.07. The van der Waals surface area contributed by atoms with Crippen molar-refractivity contribution >= 4 is 41.6 Å². The number of halogens is 1. The Kier molecular flexibility index (Phi) is 6.66. The molecule has 0 aliphatic carbocycles. The van der Waals surface area contributed by atoms with Gasteiger partial charge in [-0.3, -0.25) is 0 Å². The Balaban J connectivity index is 1.58. The van der Waals surface area contributed by atoms with E-state index in [1.165, 1.54) is 19.3 Å². The highest BCUT2D eigenvalue weighted by Gasteiger charge is 2.27. The smallest absolute Gasteiger partial charge is 0.363 e. The summed E-state index contributed by atoms with van der Waals surface area (Å²) >= 11 is 6.07. The van der Waals surface area contributed by atoms with Gasteiger partial charge in [-0.1, -0.05) is 60.1 Å². The van der Waals surface area contributed by atoms with Gasteiger partial charge in [0.25, 0.3) is 0 Å². The molecule has 1 heterocycles. The molecule has 3 aromatic carbocycles. The molecule has 3 aromatic rings. The van der Waals surface area contributed by atoms with Crippen LogP contribution in [0.2, 0.25) is 5.02 Å². The standard InChI is InChI=1S/C26H18ClNO5/c1-31-23-13-12-19(27)16-20(23)25-28-21(26(30)33-25)15-18-9-5-6-10-22(18)32-24(29)14-11-17-7-3-2-4-8-17/h2-16H,1H3/b14-11+,21-15-. The fourth-order valence-electron chi connectivity index (χ4n) is 3.08. The lowest BCUT2D eigenvalue weighted by atomic mass is 10.1. The van der Waals surface area contributed by atoms with Crippen molar-refractivity contribution in [2.45, 2.75) is 0 Å². The molecule has 6 nitrogen and oxygen atoms in total. The van der Waals surface area contributed by atoms with E-state index < -0.39 is 11.9 Å². The Morgan fingerprint density at radius 3 is 2.55 bits per heavy atom. The minimum absolute atomic E-state index is 0.0513. The average Bonchev–Trinajstić information content (AvgIpc) is 3.19. The summed E-state index contributed by atoms with van der Waals surface area (Å²) in [6.45, 7) is 0. The summed E-state index contributed by atoms with van der Waals surface area (Å²) in [4.78, 5) is 29.0. The van der Waals surface area contributed by atoms with Gasteiger partial charge in [-0.05, 0) is 42.0 Å². The Bertz CT molecular complexity index is 1300. The van der Waals surface area contributed by atoms with Crippen molar-refractivity contribution in [3.63, 3.8) is 0 Å². The Labute approximate surface area is 195 Å². The zero-order chi connectivity index (χ0) is 23.2. The number of cyclic esters (lactones) is 1. The van der Waals surface area contributed by atoms with E-state index in [1.54, 1.807) is 48.5 Å². The van der Waals surface area contributed by atoms with E-state index >= 15 is 0 Å². The lowest BCUT2D eigenvalue weighted by molar-refractivity contribution is -0.130. The SMILES string of the molecule is COc1ccc(Cl)cc1C1=N/C(=C\c2ccccc2OC(=O)/C=C/c2ccccc2)C(=O)O1. The summed E-state index contributed by atoms with van der Waals surface area (Å²) in [6.07, 6.45) is 4.49. The number of nitrogens with zero attached hydrogens (tertiary/aromatic N) is 1. The molecule has 0 aromatic heterocycles. The minimum atomic E-state index is -0.642. The third-order valence-electron chi connectivity index (χ3n) is 4.65. The number of rotatable bonds is 6. The first-order valence-electron chi connectivity index (χ1n) is 9.94. The van der Waals surface area contributed by atoms with E-state index in [0.29, 0.717) is 21.9 Å². The van der Waals surface area contributed by atoms with Gasteiger partial charge in [0.05, 0.1) is 12.7 Å². The van der Waals surface area contributed by atoms with Gasteiger partial charge in [-0.2, -0.15) is 0 Å². The number of benzene rings is 3. The van der Waals surface area contributed by atoms with Crippen LogP contribution >= 0.6 is 11.6 Å². The first-order chi connectivity index (χ1) is 16.0. The maximum Gasteiger partial charge on any atom is 0.363 e. The van der Waals surface area contributed by atoms with E-state index in [4.69, 9.17) is 25.8 Å². The molecule has 0 radical (unpaired) electrons. The Morgan fingerprint density at radius 1 is 1.00 bits per heavy atom. The minimum Gasteiger partial charge on any atom is -0.496 e. The molecule has 0 amide bonds. The number of aliphatic imine (C=N–C) groups is 1. The second-order valence-electron chi connectivity index (χ2n) is 6.88. The van der Waals surface area contributed by atoms with Crippen molar-refractivity contribution in [1.29, 1.82) is 0 Å². The van der Waals surface area contributed by atoms with Crippen molar-refractivity contribution in [2.75, 3.05) is 7.11 Å². The van der Waals surface area contributed by atoms with Gasteiger partial charge in [0.2, 0.25) is 5.90 Å². The maximum absolute atomic E-state index is 12.4. The molecule has 33 heavy (non-hydrogen) atoms. The van der Waals surface area contributed by atoms with Gasteiger partial charge in [-0.15, -0.1) is 0 Å². The molecule has 0 saturated carbocycles.